The van der Waals surface area contributed by atoms with E-state index in [9.17, 15) is 4.39 Å². The number of para-hydroxylation sites is 1. The molecule has 0 bridgehead atoms. The molecule has 122 valence electrons. The van der Waals surface area contributed by atoms with Crippen LogP contribution in [0, 0.1) is 5.82 Å². The van der Waals surface area contributed by atoms with Crippen LogP contribution < -0.4 is 11.5 Å². The third-order valence-corrected chi connectivity index (χ3v) is 4.71. The Labute approximate surface area is 137 Å². The van der Waals surface area contributed by atoms with Gasteiger partial charge < -0.3 is 11.5 Å². The van der Waals surface area contributed by atoms with Crippen LogP contribution in [0.15, 0.2) is 48.5 Å². The predicted octanol–water partition coefficient (Wildman–Crippen LogP) is 2.94. The van der Waals surface area contributed by atoms with Crippen molar-refractivity contribution >= 4 is 5.69 Å². The molecular weight excluding hydrogens is 289 g/mol. The molecule has 3 rings (SSSR count). The molecule has 2 unspecified atom stereocenters. The highest BCUT2D eigenvalue weighted by Crippen LogP contribution is 2.25. The largest absolute Gasteiger partial charge is 0.396 e. The normalized spacial score (nSPS) is 22.2. The van der Waals surface area contributed by atoms with Crippen LogP contribution in [0.3, 0.4) is 0 Å². The van der Waals surface area contributed by atoms with Crippen LogP contribution in [-0.2, 0) is 13.0 Å². The second-order valence-corrected chi connectivity index (χ2v) is 6.41. The van der Waals surface area contributed by atoms with Crippen molar-refractivity contribution in [1.82, 2.24) is 4.90 Å². The van der Waals surface area contributed by atoms with E-state index in [2.05, 4.69) is 29.2 Å². The maximum atomic E-state index is 13.7. The molecule has 4 heteroatoms. The van der Waals surface area contributed by atoms with Crippen LogP contribution in [0.25, 0.3) is 0 Å². The van der Waals surface area contributed by atoms with Crippen molar-refractivity contribution in [2.45, 2.75) is 37.9 Å². The third kappa shape index (κ3) is 3.89. The summed E-state index contributed by atoms with van der Waals surface area (Å²) in [5.74, 6) is -0.336. The number of hydrogen-bond donors (Lipinski definition) is 2. The zero-order valence-corrected chi connectivity index (χ0v) is 13.3. The van der Waals surface area contributed by atoms with Gasteiger partial charge in [0.15, 0.2) is 0 Å². The number of nitrogens with two attached hydrogens (primary N) is 2. The molecular formula is C19H24FN3. The van der Waals surface area contributed by atoms with E-state index in [1.54, 1.807) is 6.07 Å². The summed E-state index contributed by atoms with van der Waals surface area (Å²) in [4.78, 5) is 2.45. The summed E-state index contributed by atoms with van der Waals surface area (Å²) in [6.45, 7) is 1.86. The molecule has 2 aromatic carbocycles. The van der Waals surface area contributed by atoms with E-state index in [4.69, 9.17) is 11.5 Å². The summed E-state index contributed by atoms with van der Waals surface area (Å²) in [6, 6.07) is 16.0. The zero-order chi connectivity index (χ0) is 16.2. The molecule has 0 aromatic heterocycles. The minimum atomic E-state index is -0.336. The van der Waals surface area contributed by atoms with Crippen LogP contribution >= 0.6 is 0 Å². The summed E-state index contributed by atoms with van der Waals surface area (Å²) < 4.78 is 13.7. The fraction of sp³-hybridized carbons (Fsp3) is 0.368. The lowest BCUT2D eigenvalue weighted by Crippen LogP contribution is -2.47. The van der Waals surface area contributed by atoms with Gasteiger partial charge in [0.1, 0.15) is 5.82 Å². The highest BCUT2D eigenvalue weighted by Gasteiger charge is 2.27. The van der Waals surface area contributed by atoms with Crippen molar-refractivity contribution in [2.24, 2.45) is 5.73 Å². The molecule has 1 aliphatic heterocycles. The van der Waals surface area contributed by atoms with Gasteiger partial charge in [0.05, 0.1) is 5.69 Å². The van der Waals surface area contributed by atoms with E-state index in [0.717, 1.165) is 37.9 Å². The smallest absolute Gasteiger partial charge is 0.146 e. The van der Waals surface area contributed by atoms with E-state index in [0.29, 0.717) is 6.04 Å². The Bertz CT molecular complexity index is 644. The van der Waals surface area contributed by atoms with Gasteiger partial charge in [-0.2, -0.15) is 0 Å². The van der Waals surface area contributed by atoms with E-state index < -0.39 is 0 Å². The zero-order valence-electron chi connectivity index (χ0n) is 13.3. The number of nitrogen functional groups attached to an aromatic ring is 1. The fourth-order valence-corrected chi connectivity index (χ4v) is 3.38. The number of nitrogens with zero attached hydrogens (tertiary/aromatic N) is 1. The number of piperidine rings is 1. The molecule has 2 atom stereocenters. The summed E-state index contributed by atoms with van der Waals surface area (Å²) in [5.41, 5.74) is 14.5. The Hall–Kier alpha value is -1.91. The van der Waals surface area contributed by atoms with Crippen molar-refractivity contribution in [1.29, 1.82) is 0 Å². The first kappa shape index (κ1) is 16.0. The molecule has 23 heavy (non-hydrogen) atoms. The first-order chi connectivity index (χ1) is 11.1. The molecule has 3 nitrogen and oxygen atoms in total. The van der Waals surface area contributed by atoms with Gasteiger partial charge in [0, 0.05) is 25.2 Å². The standard InChI is InChI=1S/C19H24FN3/c20-18-8-4-7-15(19(18)22)11-17-12-16(21)9-10-23(17)13-14-5-2-1-3-6-14/h1-8,16-17H,9-13,21-22H2. The van der Waals surface area contributed by atoms with Crippen molar-refractivity contribution in [3.8, 4) is 0 Å². The number of rotatable bonds is 4. The van der Waals surface area contributed by atoms with Crippen LogP contribution in [0.5, 0.6) is 0 Å². The fourth-order valence-electron chi connectivity index (χ4n) is 3.38. The minimum Gasteiger partial charge on any atom is -0.396 e. The van der Waals surface area contributed by atoms with Gasteiger partial charge in [0.25, 0.3) is 0 Å². The van der Waals surface area contributed by atoms with Gasteiger partial charge in [-0.25, -0.2) is 4.39 Å². The maximum absolute atomic E-state index is 13.7. The molecule has 1 saturated heterocycles. The van der Waals surface area contributed by atoms with Crippen molar-refractivity contribution < 1.29 is 4.39 Å². The topological polar surface area (TPSA) is 55.3 Å². The molecule has 4 N–H and O–H groups in total. The Balaban J connectivity index is 1.77. The molecule has 1 fully saturated rings. The quantitative estimate of drug-likeness (QED) is 0.853. The molecule has 0 aliphatic carbocycles. The third-order valence-electron chi connectivity index (χ3n) is 4.71. The highest BCUT2D eigenvalue weighted by molar-refractivity contribution is 5.48. The second-order valence-electron chi connectivity index (χ2n) is 6.41. The second kappa shape index (κ2) is 7.11. The Morgan fingerprint density at radius 1 is 1.09 bits per heavy atom. The molecule has 0 radical (unpaired) electrons. The van der Waals surface area contributed by atoms with Gasteiger partial charge >= 0.3 is 0 Å². The maximum Gasteiger partial charge on any atom is 0.146 e. The first-order valence-electron chi connectivity index (χ1n) is 8.20. The number of likely N-dealkylation sites (tertiary alicyclic amines) is 1. The van der Waals surface area contributed by atoms with Gasteiger partial charge in [-0.05, 0) is 36.5 Å². The molecule has 0 saturated carbocycles. The number of halogens is 1. The SMILES string of the molecule is Nc1c(F)cccc1CC1CC(N)CCN1Cc1ccccc1. The van der Waals surface area contributed by atoms with Gasteiger partial charge in [0.2, 0.25) is 0 Å². The van der Waals surface area contributed by atoms with E-state index in [1.165, 1.54) is 11.6 Å². The molecule has 1 heterocycles. The van der Waals surface area contributed by atoms with Gasteiger partial charge in [-0.3, -0.25) is 4.90 Å². The monoisotopic (exact) mass is 313 g/mol. The van der Waals surface area contributed by atoms with E-state index in [-0.39, 0.29) is 17.5 Å². The average molecular weight is 313 g/mol. The summed E-state index contributed by atoms with van der Waals surface area (Å²) in [5, 5.41) is 0. The van der Waals surface area contributed by atoms with Gasteiger partial charge in [-0.15, -0.1) is 0 Å². The number of hydrogen-bond acceptors (Lipinski definition) is 3. The molecule has 2 aromatic rings. The van der Waals surface area contributed by atoms with Crippen LogP contribution in [0.1, 0.15) is 24.0 Å². The minimum absolute atomic E-state index is 0.210. The number of anilines is 1. The Morgan fingerprint density at radius 2 is 1.87 bits per heavy atom. The van der Waals surface area contributed by atoms with Crippen LogP contribution in [0.4, 0.5) is 10.1 Å². The summed E-state index contributed by atoms with van der Waals surface area (Å²) >= 11 is 0. The lowest BCUT2D eigenvalue weighted by atomic mass is 9.91. The summed E-state index contributed by atoms with van der Waals surface area (Å²) in [6.07, 6.45) is 2.66. The predicted molar refractivity (Wildman–Crippen MR) is 92.4 cm³/mol. The summed E-state index contributed by atoms with van der Waals surface area (Å²) in [7, 11) is 0. The Morgan fingerprint density at radius 3 is 2.65 bits per heavy atom. The molecule has 0 amide bonds. The number of benzene rings is 2. The van der Waals surface area contributed by atoms with E-state index >= 15 is 0 Å². The lowest BCUT2D eigenvalue weighted by Gasteiger charge is -2.38. The van der Waals surface area contributed by atoms with E-state index in [1.807, 2.05) is 12.1 Å². The van der Waals surface area contributed by atoms with Crippen molar-refractivity contribution in [3.05, 3.63) is 65.5 Å². The van der Waals surface area contributed by atoms with Crippen molar-refractivity contribution in [2.75, 3.05) is 12.3 Å². The lowest BCUT2D eigenvalue weighted by molar-refractivity contribution is 0.127. The van der Waals surface area contributed by atoms with Crippen molar-refractivity contribution in [3.63, 3.8) is 0 Å². The average Bonchev–Trinajstić information content (AvgIpc) is 2.55. The molecule has 0 spiro atoms. The first-order valence-corrected chi connectivity index (χ1v) is 8.20. The molecule has 1 aliphatic rings. The van der Waals surface area contributed by atoms with Crippen LogP contribution in [-0.4, -0.2) is 23.5 Å². The van der Waals surface area contributed by atoms with Crippen LogP contribution in [0.2, 0.25) is 0 Å². The highest BCUT2D eigenvalue weighted by atomic mass is 19.1. The van der Waals surface area contributed by atoms with Gasteiger partial charge in [-0.1, -0.05) is 42.5 Å². The Kier molecular flexibility index (Phi) is 4.94.